The van der Waals surface area contributed by atoms with Gasteiger partial charge in [-0.3, -0.25) is 0 Å². The van der Waals surface area contributed by atoms with Crippen LogP contribution in [0, 0.1) is 0 Å². The third-order valence-electron chi connectivity index (χ3n) is 1.75. The van der Waals surface area contributed by atoms with Gasteiger partial charge < -0.3 is 13.9 Å². The molecule has 0 aliphatic carbocycles. The molecule has 1 aromatic heterocycles. The first-order valence-corrected chi connectivity index (χ1v) is 3.82. The molecule has 4 heteroatoms. The van der Waals surface area contributed by atoms with Crippen LogP contribution in [0.3, 0.4) is 0 Å². The molecule has 2 rings (SSSR count). The first-order valence-electron chi connectivity index (χ1n) is 3.82. The lowest BCUT2D eigenvalue weighted by Gasteiger charge is -1.95. The predicted octanol–water partition coefficient (Wildman–Crippen LogP) is 1.85. The molecule has 0 saturated heterocycles. The number of benzene rings is 1. The molecule has 0 fully saturated rings. The number of rotatable bonds is 2. The highest BCUT2D eigenvalue weighted by Crippen LogP contribution is 2.23. The summed E-state index contributed by atoms with van der Waals surface area (Å²) in [4.78, 5) is 4.07. The Morgan fingerprint density at radius 2 is 2.08 bits per heavy atom. The quantitative estimate of drug-likeness (QED) is 0.705. The van der Waals surface area contributed by atoms with Crippen LogP contribution in [-0.2, 0) is 0 Å². The summed E-state index contributed by atoms with van der Waals surface area (Å²) in [6.07, 6.45) is 0.267. The molecular formula is C9H9NO3. The fourth-order valence-electron chi connectivity index (χ4n) is 1.10. The molecule has 1 aromatic carbocycles. The second-order valence-corrected chi connectivity index (χ2v) is 2.52. The van der Waals surface area contributed by atoms with Crippen LogP contribution in [-0.4, -0.2) is 19.2 Å². The van der Waals surface area contributed by atoms with Crippen LogP contribution in [0.4, 0.5) is 0 Å². The molecule has 0 spiro atoms. The van der Waals surface area contributed by atoms with E-state index in [0.29, 0.717) is 5.58 Å². The number of oxazole rings is 1. The minimum absolute atomic E-state index is 0.267. The molecule has 0 saturated carbocycles. The molecule has 0 aliphatic rings. The molecule has 0 unspecified atom stereocenters. The Bertz CT molecular complexity index is 420. The van der Waals surface area contributed by atoms with Crippen LogP contribution < -0.4 is 9.47 Å². The van der Waals surface area contributed by atoms with Gasteiger partial charge in [-0.25, -0.2) is 0 Å². The molecule has 0 radical (unpaired) electrons. The second-order valence-electron chi connectivity index (χ2n) is 2.52. The van der Waals surface area contributed by atoms with Gasteiger partial charge in [-0.15, -0.1) is 0 Å². The van der Waals surface area contributed by atoms with Crippen LogP contribution in [0.25, 0.3) is 11.1 Å². The Balaban J connectivity index is 2.57. The van der Waals surface area contributed by atoms with Crippen molar-refractivity contribution < 1.29 is 13.9 Å². The summed E-state index contributed by atoms with van der Waals surface area (Å²) in [5, 5.41) is 0. The summed E-state index contributed by atoms with van der Waals surface area (Å²) in [6, 6.07) is 5.40. The first-order chi connectivity index (χ1) is 6.33. The van der Waals surface area contributed by atoms with Gasteiger partial charge in [-0.05, 0) is 12.1 Å². The van der Waals surface area contributed by atoms with Crippen molar-refractivity contribution in [2.45, 2.75) is 0 Å². The predicted molar refractivity (Wildman–Crippen MR) is 47.1 cm³/mol. The smallest absolute Gasteiger partial charge is 0.394 e. The molecule has 4 nitrogen and oxygen atoms in total. The lowest BCUT2D eigenvalue weighted by molar-refractivity contribution is 0.299. The van der Waals surface area contributed by atoms with E-state index in [2.05, 4.69) is 4.98 Å². The van der Waals surface area contributed by atoms with E-state index in [1.165, 1.54) is 7.11 Å². The maximum Gasteiger partial charge on any atom is 0.394 e. The van der Waals surface area contributed by atoms with Crippen molar-refractivity contribution in [3.63, 3.8) is 0 Å². The van der Waals surface area contributed by atoms with E-state index in [1.807, 2.05) is 6.07 Å². The number of hydrogen-bond acceptors (Lipinski definition) is 4. The Kier molecular flexibility index (Phi) is 1.81. The SMILES string of the molecule is COc1ccc2oc(OC)nc2c1. The zero-order chi connectivity index (χ0) is 9.26. The summed E-state index contributed by atoms with van der Waals surface area (Å²) in [7, 11) is 3.13. The minimum Gasteiger partial charge on any atom is -0.497 e. The largest absolute Gasteiger partial charge is 0.497 e. The second kappa shape index (κ2) is 2.97. The van der Waals surface area contributed by atoms with Gasteiger partial charge in [0.15, 0.2) is 5.58 Å². The normalized spacial score (nSPS) is 10.3. The third kappa shape index (κ3) is 1.30. The van der Waals surface area contributed by atoms with Gasteiger partial charge in [0.05, 0.1) is 14.2 Å². The summed E-state index contributed by atoms with van der Waals surface area (Å²) in [5.41, 5.74) is 1.42. The van der Waals surface area contributed by atoms with Crippen LogP contribution in [0.5, 0.6) is 11.8 Å². The molecule has 0 aliphatic heterocycles. The van der Waals surface area contributed by atoms with Gasteiger partial charge >= 0.3 is 6.08 Å². The highest BCUT2D eigenvalue weighted by atomic mass is 16.6. The Morgan fingerprint density at radius 3 is 2.77 bits per heavy atom. The van der Waals surface area contributed by atoms with E-state index in [9.17, 15) is 0 Å². The monoisotopic (exact) mass is 179 g/mol. The zero-order valence-corrected chi connectivity index (χ0v) is 7.40. The number of aromatic nitrogens is 1. The minimum atomic E-state index is 0.267. The van der Waals surface area contributed by atoms with Crippen molar-refractivity contribution in [2.24, 2.45) is 0 Å². The zero-order valence-electron chi connectivity index (χ0n) is 7.40. The number of nitrogens with zero attached hydrogens (tertiary/aromatic N) is 1. The number of hydrogen-bond donors (Lipinski definition) is 0. The third-order valence-corrected chi connectivity index (χ3v) is 1.75. The topological polar surface area (TPSA) is 44.5 Å². The van der Waals surface area contributed by atoms with Crippen LogP contribution in [0.2, 0.25) is 0 Å². The molecule has 0 amide bonds. The van der Waals surface area contributed by atoms with Gasteiger partial charge in [-0.2, -0.15) is 4.98 Å². The van der Waals surface area contributed by atoms with Crippen LogP contribution >= 0.6 is 0 Å². The molecule has 68 valence electrons. The van der Waals surface area contributed by atoms with Crippen molar-refractivity contribution in [1.29, 1.82) is 0 Å². The molecule has 0 N–H and O–H groups in total. The van der Waals surface area contributed by atoms with E-state index in [-0.39, 0.29) is 6.08 Å². The van der Waals surface area contributed by atoms with Gasteiger partial charge in [0.2, 0.25) is 0 Å². The highest BCUT2D eigenvalue weighted by molar-refractivity contribution is 5.74. The molecule has 0 atom stereocenters. The standard InChI is InChI=1S/C9H9NO3/c1-11-6-3-4-8-7(5-6)10-9(12-2)13-8/h3-5H,1-2H3. The maximum absolute atomic E-state index is 5.23. The van der Waals surface area contributed by atoms with Crippen molar-refractivity contribution in [2.75, 3.05) is 14.2 Å². The number of fused-ring (bicyclic) bond motifs is 1. The molecule has 0 bridgehead atoms. The van der Waals surface area contributed by atoms with E-state index >= 15 is 0 Å². The molecular weight excluding hydrogens is 170 g/mol. The van der Waals surface area contributed by atoms with Crippen LogP contribution in [0.15, 0.2) is 22.6 Å². The Labute approximate surface area is 75.1 Å². The molecule has 1 heterocycles. The van der Waals surface area contributed by atoms with E-state index in [4.69, 9.17) is 13.9 Å². The van der Waals surface area contributed by atoms with Crippen LogP contribution in [0.1, 0.15) is 0 Å². The average molecular weight is 179 g/mol. The van der Waals surface area contributed by atoms with E-state index in [1.54, 1.807) is 19.2 Å². The van der Waals surface area contributed by atoms with E-state index in [0.717, 1.165) is 11.3 Å². The number of methoxy groups -OCH3 is 2. The summed E-state index contributed by atoms with van der Waals surface area (Å²) < 4.78 is 15.1. The highest BCUT2D eigenvalue weighted by Gasteiger charge is 2.05. The lowest BCUT2D eigenvalue weighted by atomic mass is 10.3. The van der Waals surface area contributed by atoms with Crippen molar-refractivity contribution in [3.05, 3.63) is 18.2 Å². The summed E-state index contributed by atoms with van der Waals surface area (Å²) >= 11 is 0. The van der Waals surface area contributed by atoms with Crippen molar-refractivity contribution in [3.8, 4) is 11.8 Å². The molecule has 13 heavy (non-hydrogen) atoms. The maximum atomic E-state index is 5.23. The fourth-order valence-corrected chi connectivity index (χ4v) is 1.10. The number of ether oxygens (including phenoxy) is 2. The van der Waals surface area contributed by atoms with Crippen molar-refractivity contribution in [1.82, 2.24) is 4.98 Å². The Morgan fingerprint density at radius 1 is 1.23 bits per heavy atom. The molecule has 2 aromatic rings. The van der Waals surface area contributed by atoms with E-state index < -0.39 is 0 Å². The van der Waals surface area contributed by atoms with Gasteiger partial charge in [0.25, 0.3) is 0 Å². The average Bonchev–Trinajstić information content (AvgIpc) is 2.58. The van der Waals surface area contributed by atoms with Gasteiger partial charge in [-0.1, -0.05) is 0 Å². The van der Waals surface area contributed by atoms with Gasteiger partial charge in [0, 0.05) is 6.07 Å². The first kappa shape index (κ1) is 7.91. The summed E-state index contributed by atoms with van der Waals surface area (Å²) in [5.74, 6) is 0.753. The lowest BCUT2D eigenvalue weighted by Crippen LogP contribution is -1.81. The Hall–Kier alpha value is -1.71. The van der Waals surface area contributed by atoms with Crippen molar-refractivity contribution >= 4 is 11.1 Å². The fraction of sp³-hybridized carbons (Fsp3) is 0.222. The van der Waals surface area contributed by atoms with Gasteiger partial charge in [0.1, 0.15) is 11.3 Å². The summed E-state index contributed by atoms with van der Waals surface area (Å²) in [6.45, 7) is 0.